The number of benzene rings is 1. The zero-order valence-corrected chi connectivity index (χ0v) is 9.56. The van der Waals surface area contributed by atoms with Crippen LogP contribution < -0.4 is 10.5 Å². The van der Waals surface area contributed by atoms with E-state index in [2.05, 4.69) is 5.32 Å². The van der Waals surface area contributed by atoms with Crippen LogP contribution in [-0.2, 0) is 10.0 Å². The van der Waals surface area contributed by atoms with Crippen LogP contribution in [0.15, 0.2) is 17.0 Å². The van der Waals surface area contributed by atoms with E-state index in [1.54, 1.807) is 0 Å². The SMILES string of the molecule is CNC(=O)c1cc(C)c(F)c(S(N)(=O)=O)c1. The second-order valence-electron chi connectivity index (χ2n) is 3.23. The van der Waals surface area contributed by atoms with E-state index < -0.39 is 26.6 Å². The van der Waals surface area contributed by atoms with Crippen molar-refractivity contribution in [2.24, 2.45) is 5.14 Å². The monoisotopic (exact) mass is 246 g/mol. The van der Waals surface area contributed by atoms with E-state index >= 15 is 0 Å². The average Bonchev–Trinajstić information content (AvgIpc) is 2.18. The summed E-state index contributed by atoms with van der Waals surface area (Å²) in [4.78, 5) is 10.6. The number of carbonyl (C=O) groups is 1. The zero-order valence-electron chi connectivity index (χ0n) is 8.74. The number of nitrogens with one attached hydrogen (secondary N) is 1. The molecule has 5 nitrogen and oxygen atoms in total. The number of aryl methyl sites for hydroxylation is 1. The summed E-state index contributed by atoms with van der Waals surface area (Å²) in [5.41, 5.74) is 0.0931. The average molecular weight is 246 g/mol. The van der Waals surface area contributed by atoms with Crippen LogP contribution in [0.1, 0.15) is 15.9 Å². The Bertz CT molecular complexity index is 540. The van der Waals surface area contributed by atoms with Crippen molar-refractivity contribution in [3.05, 3.63) is 29.1 Å². The van der Waals surface area contributed by atoms with Gasteiger partial charge in [-0.2, -0.15) is 0 Å². The summed E-state index contributed by atoms with van der Waals surface area (Å²) in [6.07, 6.45) is 0. The van der Waals surface area contributed by atoms with Gasteiger partial charge < -0.3 is 5.32 Å². The number of rotatable bonds is 2. The van der Waals surface area contributed by atoms with Gasteiger partial charge in [-0.05, 0) is 24.6 Å². The summed E-state index contributed by atoms with van der Waals surface area (Å²) in [7, 11) is -2.79. The summed E-state index contributed by atoms with van der Waals surface area (Å²) in [6, 6.07) is 2.17. The van der Waals surface area contributed by atoms with Gasteiger partial charge in [0.25, 0.3) is 5.91 Å². The fraction of sp³-hybridized carbons (Fsp3) is 0.222. The first-order valence-electron chi connectivity index (χ1n) is 4.32. The summed E-state index contributed by atoms with van der Waals surface area (Å²) >= 11 is 0. The Morgan fingerprint density at radius 2 is 2.00 bits per heavy atom. The topological polar surface area (TPSA) is 89.3 Å². The maximum absolute atomic E-state index is 13.5. The number of sulfonamides is 1. The highest BCUT2D eigenvalue weighted by Crippen LogP contribution is 2.19. The minimum absolute atomic E-state index is 0.0464. The molecule has 88 valence electrons. The Morgan fingerprint density at radius 1 is 1.44 bits per heavy atom. The predicted octanol–water partition coefficient (Wildman–Crippen LogP) is 0.141. The van der Waals surface area contributed by atoms with Gasteiger partial charge in [0.15, 0.2) is 0 Å². The van der Waals surface area contributed by atoms with Gasteiger partial charge >= 0.3 is 0 Å². The lowest BCUT2D eigenvalue weighted by atomic mass is 10.1. The third-order valence-electron chi connectivity index (χ3n) is 2.02. The van der Waals surface area contributed by atoms with Crippen LogP contribution in [0.2, 0.25) is 0 Å². The van der Waals surface area contributed by atoms with Gasteiger partial charge in [-0.1, -0.05) is 0 Å². The molecule has 0 heterocycles. The van der Waals surface area contributed by atoms with Crippen molar-refractivity contribution in [2.45, 2.75) is 11.8 Å². The molecule has 0 aliphatic rings. The fourth-order valence-corrected chi connectivity index (χ4v) is 1.92. The lowest BCUT2D eigenvalue weighted by Crippen LogP contribution is -2.20. The highest BCUT2D eigenvalue weighted by atomic mass is 32.2. The van der Waals surface area contributed by atoms with Crippen molar-refractivity contribution in [3.8, 4) is 0 Å². The summed E-state index contributed by atoms with van der Waals surface area (Å²) in [6.45, 7) is 1.36. The van der Waals surface area contributed by atoms with Crippen LogP contribution in [0.4, 0.5) is 4.39 Å². The second-order valence-corrected chi connectivity index (χ2v) is 4.76. The van der Waals surface area contributed by atoms with Crippen molar-refractivity contribution >= 4 is 15.9 Å². The molecule has 1 aromatic rings. The minimum Gasteiger partial charge on any atom is -0.355 e. The maximum Gasteiger partial charge on any atom is 0.251 e. The van der Waals surface area contributed by atoms with Gasteiger partial charge in [-0.15, -0.1) is 0 Å². The lowest BCUT2D eigenvalue weighted by Gasteiger charge is -2.07. The van der Waals surface area contributed by atoms with Gasteiger partial charge in [0.2, 0.25) is 10.0 Å². The van der Waals surface area contributed by atoms with Crippen LogP contribution in [0.25, 0.3) is 0 Å². The Labute approximate surface area is 92.5 Å². The molecule has 0 bridgehead atoms. The standard InChI is InChI=1S/C9H11FN2O3S/c1-5-3-6(9(13)12-2)4-7(8(5)10)16(11,14)15/h3-4H,1-2H3,(H,12,13)(H2,11,14,15). The molecule has 0 radical (unpaired) electrons. The van der Waals surface area contributed by atoms with Gasteiger partial charge in [-0.3, -0.25) is 4.79 Å². The molecule has 1 rings (SSSR count). The predicted molar refractivity (Wildman–Crippen MR) is 55.9 cm³/mol. The minimum atomic E-state index is -4.18. The molecule has 7 heteroatoms. The molecular formula is C9H11FN2O3S. The molecular weight excluding hydrogens is 235 g/mol. The van der Waals surface area contributed by atoms with E-state index in [1.807, 2.05) is 0 Å². The van der Waals surface area contributed by atoms with Crippen LogP contribution in [-0.4, -0.2) is 21.4 Å². The molecule has 1 aromatic carbocycles. The number of hydrogen-bond acceptors (Lipinski definition) is 3. The van der Waals surface area contributed by atoms with Crippen LogP contribution in [0.3, 0.4) is 0 Å². The van der Waals surface area contributed by atoms with Crippen molar-refractivity contribution in [1.82, 2.24) is 5.32 Å². The number of amides is 1. The molecule has 0 aliphatic heterocycles. The smallest absolute Gasteiger partial charge is 0.251 e. The molecule has 1 amide bonds. The highest BCUT2D eigenvalue weighted by molar-refractivity contribution is 7.89. The molecule has 0 aliphatic carbocycles. The van der Waals surface area contributed by atoms with Crippen LogP contribution >= 0.6 is 0 Å². The first-order valence-corrected chi connectivity index (χ1v) is 5.87. The van der Waals surface area contributed by atoms with Crippen LogP contribution in [0.5, 0.6) is 0 Å². The zero-order chi connectivity index (χ0) is 12.5. The Hall–Kier alpha value is -1.47. The summed E-state index contributed by atoms with van der Waals surface area (Å²) in [5, 5.41) is 7.15. The van der Waals surface area contributed by atoms with Gasteiger partial charge in [0, 0.05) is 12.6 Å². The molecule has 0 spiro atoms. The molecule has 0 aromatic heterocycles. The lowest BCUT2D eigenvalue weighted by molar-refractivity contribution is 0.0962. The number of halogens is 1. The van der Waals surface area contributed by atoms with Gasteiger partial charge in [-0.25, -0.2) is 17.9 Å². The molecule has 0 fully saturated rings. The largest absolute Gasteiger partial charge is 0.355 e. The number of nitrogens with two attached hydrogens (primary N) is 1. The first kappa shape index (κ1) is 12.6. The number of carbonyl (C=O) groups excluding carboxylic acids is 1. The van der Waals surface area contributed by atoms with Crippen molar-refractivity contribution in [3.63, 3.8) is 0 Å². The number of primary sulfonamides is 1. The van der Waals surface area contributed by atoms with E-state index in [9.17, 15) is 17.6 Å². The Kier molecular flexibility index (Phi) is 3.30. The van der Waals surface area contributed by atoms with E-state index in [4.69, 9.17) is 5.14 Å². The van der Waals surface area contributed by atoms with E-state index in [0.29, 0.717) is 0 Å². The Balaban J connectivity index is 3.52. The third kappa shape index (κ3) is 2.37. The molecule has 3 N–H and O–H groups in total. The highest BCUT2D eigenvalue weighted by Gasteiger charge is 2.19. The van der Waals surface area contributed by atoms with Crippen LogP contribution in [0, 0.1) is 12.7 Å². The summed E-state index contributed by atoms with van der Waals surface area (Å²) in [5.74, 6) is -1.44. The normalized spacial score (nSPS) is 11.2. The molecule has 0 unspecified atom stereocenters. The van der Waals surface area contributed by atoms with Crippen molar-refractivity contribution in [1.29, 1.82) is 0 Å². The van der Waals surface area contributed by atoms with E-state index in [-0.39, 0.29) is 11.1 Å². The summed E-state index contributed by atoms with van der Waals surface area (Å²) < 4.78 is 35.6. The molecule has 0 atom stereocenters. The fourth-order valence-electron chi connectivity index (χ4n) is 1.22. The third-order valence-corrected chi connectivity index (χ3v) is 2.93. The first-order chi connectivity index (χ1) is 7.27. The van der Waals surface area contributed by atoms with E-state index in [1.165, 1.54) is 20.0 Å². The van der Waals surface area contributed by atoms with Gasteiger partial charge in [0.05, 0.1) is 0 Å². The molecule has 0 saturated carbocycles. The Morgan fingerprint density at radius 3 is 2.44 bits per heavy atom. The molecule has 0 saturated heterocycles. The number of hydrogen-bond donors (Lipinski definition) is 2. The van der Waals surface area contributed by atoms with Gasteiger partial charge in [0.1, 0.15) is 10.7 Å². The van der Waals surface area contributed by atoms with Crippen molar-refractivity contribution < 1.29 is 17.6 Å². The molecule has 16 heavy (non-hydrogen) atoms. The second kappa shape index (κ2) is 4.18. The van der Waals surface area contributed by atoms with E-state index in [0.717, 1.165) is 6.07 Å². The quantitative estimate of drug-likeness (QED) is 0.777. The maximum atomic E-state index is 13.5. The van der Waals surface area contributed by atoms with Crippen molar-refractivity contribution in [2.75, 3.05) is 7.05 Å².